The molecule has 0 aromatic heterocycles. The smallest absolute Gasteiger partial charge is 0.0791 e. The van der Waals surface area contributed by atoms with Crippen LogP contribution in [0.15, 0.2) is 16.6 Å². The lowest BCUT2D eigenvalue weighted by Crippen LogP contribution is -2.01. The Hall–Kier alpha value is -0.380. The quantitative estimate of drug-likeness (QED) is 0.839. The summed E-state index contributed by atoms with van der Waals surface area (Å²) in [5.41, 5.74) is 3.33. The van der Waals surface area contributed by atoms with Crippen molar-refractivity contribution in [3.63, 3.8) is 0 Å². The van der Waals surface area contributed by atoms with Crippen LogP contribution < -0.4 is 0 Å². The van der Waals surface area contributed by atoms with Crippen molar-refractivity contribution in [2.45, 2.75) is 32.8 Å². The van der Waals surface area contributed by atoms with Crippen LogP contribution in [0, 0.1) is 13.8 Å². The number of aryl methyl sites for hydroxylation is 2. The Morgan fingerprint density at radius 1 is 1.31 bits per heavy atom. The fourth-order valence-corrected chi connectivity index (χ4v) is 1.99. The van der Waals surface area contributed by atoms with Gasteiger partial charge in [-0.25, -0.2) is 0 Å². The summed E-state index contributed by atoms with van der Waals surface area (Å²) in [5, 5.41) is 10.0. The van der Waals surface area contributed by atoms with Gasteiger partial charge in [-0.3, -0.25) is 0 Å². The van der Waals surface area contributed by atoms with Crippen LogP contribution in [0.2, 0.25) is 0 Å². The van der Waals surface area contributed by atoms with Crippen molar-refractivity contribution in [1.29, 1.82) is 0 Å². The Balaban J connectivity index is 2.72. The lowest BCUT2D eigenvalue weighted by atomic mass is 10.0. The Morgan fingerprint density at radius 2 is 1.88 bits per heavy atom. The number of hydrogen-bond donors (Lipinski definition) is 1. The highest BCUT2D eigenvalue weighted by Gasteiger charge is 2.10. The Morgan fingerprint density at radius 3 is 2.38 bits per heavy atom. The van der Waals surface area contributed by atoms with Crippen LogP contribution >= 0.6 is 15.9 Å². The van der Waals surface area contributed by atoms with Gasteiger partial charge in [0.2, 0.25) is 0 Å². The molecule has 0 radical (unpaired) electrons. The molecule has 1 aromatic rings. The zero-order chi connectivity index (χ0) is 12.1. The maximum Gasteiger partial charge on any atom is 0.0791 e. The molecule has 0 spiro atoms. The van der Waals surface area contributed by atoms with E-state index in [1.165, 1.54) is 11.1 Å². The minimum Gasteiger partial charge on any atom is -0.388 e. The number of methoxy groups -OCH3 is 1. The molecule has 16 heavy (non-hydrogen) atoms. The molecular weight excluding hydrogens is 268 g/mol. The highest BCUT2D eigenvalue weighted by Crippen LogP contribution is 2.27. The monoisotopic (exact) mass is 286 g/mol. The van der Waals surface area contributed by atoms with Gasteiger partial charge in [0.25, 0.3) is 0 Å². The molecule has 1 rings (SSSR count). The highest BCUT2D eigenvalue weighted by atomic mass is 79.9. The summed E-state index contributed by atoms with van der Waals surface area (Å²) in [6.45, 7) is 4.79. The Kier molecular flexibility index (Phi) is 5.46. The SMILES string of the molecule is COCCCC(O)c1cc(C)c(Br)c(C)c1. The van der Waals surface area contributed by atoms with Crippen molar-refractivity contribution in [3.8, 4) is 0 Å². The molecule has 2 nitrogen and oxygen atoms in total. The van der Waals surface area contributed by atoms with E-state index < -0.39 is 0 Å². The molecule has 0 saturated carbocycles. The van der Waals surface area contributed by atoms with E-state index >= 15 is 0 Å². The van der Waals surface area contributed by atoms with Crippen LogP contribution in [0.5, 0.6) is 0 Å². The normalized spacial score (nSPS) is 12.8. The third kappa shape index (κ3) is 3.58. The molecule has 1 unspecified atom stereocenters. The summed E-state index contributed by atoms with van der Waals surface area (Å²) in [6.07, 6.45) is 1.24. The minimum atomic E-state index is -0.388. The zero-order valence-electron chi connectivity index (χ0n) is 10.1. The van der Waals surface area contributed by atoms with E-state index in [2.05, 4.69) is 15.9 Å². The van der Waals surface area contributed by atoms with Crippen LogP contribution in [-0.2, 0) is 4.74 Å². The summed E-state index contributed by atoms with van der Waals surface area (Å²) in [5.74, 6) is 0. The van der Waals surface area contributed by atoms with Gasteiger partial charge >= 0.3 is 0 Å². The second-order valence-electron chi connectivity index (χ2n) is 4.12. The van der Waals surface area contributed by atoms with E-state index in [1.54, 1.807) is 7.11 Å². The van der Waals surface area contributed by atoms with E-state index in [0.717, 1.165) is 22.9 Å². The summed E-state index contributed by atoms with van der Waals surface area (Å²) in [4.78, 5) is 0. The first-order valence-corrected chi connectivity index (χ1v) is 6.29. The van der Waals surface area contributed by atoms with Gasteiger partial charge in [0, 0.05) is 18.2 Å². The fourth-order valence-electron chi connectivity index (χ4n) is 1.76. The number of aliphatic hydroxyl groups excluding tert-OH is 1. The molecule has 3 heteroatoms. The van der Waals surface area contributed by atoms with Gasteiger partial charge in [-0.05, 0) is 43.4 Å². The predicted octanol–water partition coefficient (Wildman–Crippen LogP) is 3.53. The van der Waals surface area contributed by atoms with E-state index in [1.807, 2.05) is 26.0 Å². The first-order valence-electron chi connectivity index (χ1n) is 5.50. The standard InChI is InChI=1S/C13H19BrO2/c1-9-7-11(8-10(2)13(9)14)12(15)5-4-6-16-3/h7-8,12,15H,4-6H2,1-3H3. The van der Waals surface area contributed by atoms with Crippen molar-refractivity contribution in [1.82, 2.24) is 0 Å². The Labute approximate surface area is 106 Å². The fraction of sp³-hybridized carbons (Fsp3) is 0.538. The predicted molar refractivity (Wildman–Crippen MR) is 69.7 cm³/mol. The lowest BCUT2D eigenvalue weighted by molar-refractivity contribution is 0.136. The zero-order valence-corrected chi connectivity index (χ0v) is 11.7. The van der Waals surface area contributed by atoms with Crippen molar-refractivity contribution < 1.29 is 9.84 Å². The van der Waals surface area contributed by atoms with Gasteiger partial charge in [-0.1, -0.05) is 28.1 Å². The summed E-state index contributed by atoms with van der Waals surface area (Å²) >= 11 is 3.52. The molecular formula is C13H19BrO2. The Bertz CT molecular complexity index is 327. The van der Waals surface area contributed by atoms with Crippen molar-refractivity contribution in [3.05, 3.63) is 33.3 Å². The number of ether oxygens (including phenoxy) is 1. The molecule has 1 N–H and O–H groups in total. The van der Waals surface area contributed by atoms with Gasteiger partial charge in [0.1, 0.15) is 0 Å². The number of hydrogen-bond acceptors (Lipinski definition) is 2. The van der Waals surface area contributed by atoms with Gasteiger partial charge < -0.3 is 9.84 Å². The maximum atomic E-state index is 10.0. The number of halogens is 1. The molecule has 0 fully saturated rings. The second kappa shape index (κ2) is 6.38. The molecule has 90 valence electrons. The van der Waals surface area contributed by atoms with E-state index in [4.69, 9.17) is 4.74 Å². The minimum absolute atomic E-state index is 0.388. The van der Waals surface area contributed by atoms with Crippen LogP contribution in [0.25, 0.3) is 0 Å². The van der Waals surface area contributed by atoms with Gasteiger partial charge in [0.05, 0.1) is 6.10 Å². The molecule has 0 bridgehead atoms. The molecule has 0 amide bonds. The number of benzene rings is 1. The van der Waals surface area contributed by atoms with Crippen LogP contribution in [0.4, 0.5) is 0 Å². The first kappa shape index (κ1) is 13.7. The van der Waals surface area contributed by atoms with E-state index in [-0.39, 0.29) is 6.10 Å². The summed E-state index contributed by atoms with van der Waals surface area (Å²) in [7, 11) is 1.68. The van der Waals surface area contributed by atoms with E-state index in [9.17, 15) is 5.11 Å². The van der Waals surface area contributed by atoms with Gasteiger partial charge in [-0.2, -0.15) is 0 Å². The van der Waals surface area contributed by atoms with Crippen molar-refractivity contribution in [2.24, 2.45) is 0 Å². The molecule has 0 aliphatic carbocycles. The molecule has 1 aromatic carbocycles. The first-order chi connectivity index (χ1) is 7.56. The maximum absolute atomic E-state index is 10.0. The third-order valence-electron chi connectivity index (χ3n) is 2.67. The number of aliphatic hydroxyl groups is 1. The topological polar surface area (TPSA) is 29.5 Å². The van der Waals surface area contributed by atoms with Crippen molar-refractivity contribution in [2.75, 3.05) is 13.7 Å². The van der Waals surface area contributed by atoms with Crippen LogP contribution in [0.1, 0.15) is 35.6 Å². The average Bonchev–Trinajstić information content (AvgIpc) is 2.25. The van der Waals surface area contributed by atoms with Gasteiger partial charge in [0.15, 0.2) is 0 Å². The van der Waals surface area contributed by atoms with Crippen LogP contribution in [-0.4, -0.2) is 18.8 Å². The van der Waals surface area contributed by atoms with Crippen molar-refractivity contribution >= 4 is 15.9 Å². The number of rotatable bonds is 5. The summed E-state index contributed by atoms with van der Waals surface area (Å²) < 4.78 is 6.10. The second-order valence-corrected chi connectivity index (χ2v) is 4.91. The summed E-state index contributed by atoms with van der Waals surface area (Å²) in [6, 6.07) is 4.07. The average molecular weight is 287 g/mol. The molecule has 0 aliphatic heterocycles. The van der Waals surface area contributed by atoms with Gasteiger partial charge in [-0.15, -0.1) is 0 Å². The largest absolute Gasteiger partial charge is 0.388 e. The van der Waals surface area contributed by atoms with Crippen LogP contribution in [0.3, 0.4) is 0 Å². The molecule has 0 saturated heterocycles. The molecule has 0 heterocycles. The highest BCUT2D eigenvalue weighted by molar-refractivity contribution is 9.10. The third-order valence-corrected chi connectivity index (χ3v) is 3.92. The molecule has 1 atom stereocenters. The lowest BCUT2D eigenvalue weighted by Gasteiger charge is -2.13. The molecule has 0 aliphatic rings. The van der Waals surface area contributed by atoms with E-state index in [0.29, 0.717) is 6.61 Å².